The smallest absolute Gasteiger partial charge is 0.113 e. The van der Waals surface area contributed by atoms with Crippen LogP contribution < -0.4 is 5.73 Å². The standard InChI is InChI=1S/C13H17N3/c1-2-16-7-6-15-13(16)9-11-4-3-5-12(8-11)10-14/h3-8H,2,9-10,14H2,1H3. The van der Waals surface area contributed by atoms with Crippen molar-refractivity contribution in [3.8, 4) is 0 Å². The van der Waals surface area contributed by atoms with Crippen molar-refractivity contribution in [3.63, 3.8) is 0 Å². The summed E-state index contributed by atoms with van der Waals surface area (Å²) in [5.74, 6) is 1.11. The molecule has 0 bridgehead atoms. The number of nitrogens with two attached hydrogens (primary N) is 1. The molecule has 0 saturated heterocycles. The summed E-state index contributed by atoms with van der Waals surface area (Å²) >= 11 is 0. The Morgan fingerprint density at radius 3 is 2.88 bits per heavy atom. The molecule has 1 aromatic heterocycles. The first-order chi connectivity index (χ1) is 7.83. The van der Waals surface area contributed by atoms with Crippen molar-refractivity contribution in [2.24, 2.45) is 5.73 Å². The van der Waals surface area contributed by atoms with Crippen LogP contribution in [0.15, 0.2) is 36.7 Å². The van der Waals surface area contributed by atoms with Crippen LogP contribution in [0.5, 0.6) is 0 Å². The van der Waals surface area contributed by atoms with Crippen molar-refractivity contribution in [1.82, 2.24) is 9.55 Å². The Balaban J connectivity index is 2.20. The van der Waals surface area contributed by atoms with E-state index >= 15 is 0 Å². The molecule has 0 spiro atoms. The molecule has 0 atom stereocenters. The minimum Gasteiger partial charge on any atom is -0.335 e. The fourth-order valence-electron chi connectivity index (χ4n) is 1.84. The average molecular weight is 215 g/mol. The van der Waals surface area contributed by atoms with Crippen LogP contribution in [0, 0.1) is 0 Å². The SMILES string of the molecule is CCn1ccnc1Cc1cccc(CN)c1. The molecule has 2 aromatic rings. The molecule has 0 aliphatic rings. The molecule has 2 N–H and O–H groups in total. The first-order valence-corrected chi connectivity index (χ1v) is 5.61. The maximum atomic E-state index is 5.63. The van der Waals surface area contributed by atoms with Crippen LogP contribution in [0.1, 0.15) is 23.9 Å². The van der Waals surface area contributed by atoms with Crippen LogP contribution in [0.2, 0.25) is 0 Å². The Morgan fingerprint density at radius 2 is 2.12 bits per heavy atom. The van der Waals surface area contributed by atoms with Gasteiger partial charge in [-0.2, -0.15) is 0 Å². The van der Waals surface area contributed by atoms with Crippen LogP contribution in [-0.4, -0.2) is 9.55 Å². The zero-order chi connectivity index (χ0) is 11.4. The van der Waals surface area contributed by atoms with E-state index in [1.807, 2.05) is 12.4 Å². The van der Waals surface area contributed by atoms with E-state index in [2.05, 4.69) is 40.7 Å². The van der Waals surface area contributed by atoms with Gasteiger partial charge in [0.15, 0.2) is 0 Å². The molecule has 0 saturated carbocycles. The highest BCUT2D eigenvalue weighted by Crippen LogP contribution is 2.10. The van der Waals surface area contributed by atoms with Crippen LogP contribution >= 0.6 is 0 Å². The lowest BCUT2D eigenvalue weighted by Crippen LogP contribution is -2.03. The van der Waals surface area contributed by atoms with Gasteiger partial charge in [0, 0.05) is 31.9 Å². The highest BCUT2D eigenvalue weighted by Gasteiger charge is 2.03. The normalized spacial score (nSPS) is 10.6. The summed E-state index contributed by atoms with van der Waals surface area (Å²) in [6.45, 7) is 3.68. The zero-order valence-electron chi connectivity index (χ0n) is 9.56. The Morgan fingerprint density at radius 1 is 1.31 bits per heavy atom. The van der Waals surface area contributed by atoms with Gasteiger partial charge in [-0.1, -0.05) is 24.3 Å². The summed E-state index contributed by atoms with van der Waals surface area (Å²) in [4.78, 5) is 4.37. The van der Waals surface area contributed by atoms with E-state index in [-0.39, 0.29) is 0 Å². The molecule has 0 amide bonds. The second kappa shape index (κ2) is 4.94. The number of aromatic nitrogens is 2. The predicted molar refractivity (Wildman–Crippen MR) is 65.0 cm³/mol. The van der Waals surface area contributed by atoms with Gasteiger partial charge in [0.25, 0.3) is 0 Å². The van der Waals surface area contributed by atoms with Gasteiger partial charge in [-0.3, -0.25) is 0 Å². The highest BCUT2D eigenvalue weighted by molar-refractivity contribution is 5.25. The third-order valence-corrected chi connectivity index (χ3v) is 2.73. The summed E-state index contributed by atoms with van der Waals surface area (Å²) < 4.78 is 2.16. The lowest BCUT2D eigenvalue weighted by molar-refractivity contribution is 0.712. The van der Waals surface area contributed by atoms with Crippen LogP contribution in [0.4, 0.5) is 0 Å². The highest BCUT2D eigenvalue weighted by atomic mass is 15.0. The number of benzene rings is 1. The minimum atomic E-state index is 0.593. The molecule has 0 unspecified atom stereocenters. The van der Waals surface area contributed by atoms with Crippen LogP contribution in [-0.2, 0) is 19.5 Å². The van der Waals surface area contributed by atoms with Gasteiger partial charge in [-0.05, 0) is 18.1 Å². The molecule has 1 aromatic carbocycles. The van der Waals surface area contributed by atoms with E-state index in [0.29, 0.717) is 6.54 Å². The fourth-order valence-corrected chi connectivity index (χ4v) is 1.84. The van der Waals surface area contributed by atoms with Crippen molar-refractivity contribution < 1.29 is 0 Å². The Hall–Kier alpha value is -1.61. The Bertz CT molecular complexity index is 460. The quantitative estimate of drug-likeness (QED) is 0.847. The Kier molecular flexibility index (Phi) is 3.37. The number of hydrogen-bond acceptors (Lipinski definition) is 2. The van der Waals surface area contributed by atoms with Crippen LogP contribution in [0.25, 0.3) is 0 Å². The number of imidazole rings is 1. The second-order valence-corrected chi connectivity index (χ2v) is 3.83. The molecule has 0 aliphatic heterocycles. The molecule has 2 rings (SSSR count). The summed E-state index contributed by atoms with van der Waals surface area (Å²) in [5.41, 5.74) is 8.07. The van der Waals surface area contributed by atoms with Crippen molar-refractivity contribution in [3.05, 3.63) is 53.6 Å². The molecular formula is C13H17N3. The molecule has 3 heteroatoms. The molecular weight excluding hydrogens is 198 g/mol. The van der Waals surface area contributed by atoms with Gasteiger partial charge in [-0.25, -0.2) is 4.98 Å². The van der Waals surface area contributed by atoms with E-state index in [9.17, 15) is 0 Å². The molecule has 0 aliphatic carbocycles. The summed E-state index contributed by atoms with van der Waals surface area (Å²) in [7, 11) is 0. The van der Waals surface area contributed by atoms with Gasteiger partial charge in [-0.15, -0.1) is 0 Å². The number of aryl methyl sites for hydroxylation is 1. The monoisotopic (exact) mass is 215 g/mol. The maximum Gasteiger partial charge on any atom is 0.113 e. The van der Waals surface area contributed by atoms with Crippen LogP contribution in [0.3, 0.4) is 0 Å². The summed E-state index contributed by atoms with van der Waals surface area (Å²) in [5, 5.41) is 0. The van der Waals surface area contributed by atoms with E-state index in [0.717, 1.165) is 18.8 Å². The number of rotatable bonds is 4. The first kappa shape index (κ1) is 10.9. The molecule has 0 fully saturated rings. The third kappa shape index (κ3) is 2.31. The molecule has 3 nitrogen and oxygen atoms in total. The summed E-state index contributed by atoms with van der Waals surface area (Å²) in [6.07, 6.45) is 4.74. The zero-order valence-corrected chi connectivity index (χ0v) is 9.56. The van der Waals surface area contributed by atoms with E-state index < -0.39 is 0 Å². The molecule has 1 heterocycles. The largest absolute Gasteiger partial charge is 0.335 e. The minimum absolute atomic E-state index is 0.593. The van der Waals surface area contributed by atoms with Crippen molar-refractivity contribution >= 4 is 0 Å². The molecule has 0 radical (unpaired) electrons. The topological polar surface area (TPSA) is 43.8 Å². The predicted octanol–water partition coefficient (Wildman–Crippen LogP) is 1.95. The van der Waals surface area contributed by atoms with Gasteiger partial charge in [0.05, 0.1) is 0 Å². The van der Waals surface area contributed by atoms with Crippen molar-refractivity contribution in [2.75, 3.05) is 0 Å². The number of hydrogen-bond donors (Lipinski definition) is 1. The van der Waals surface area contributed by atoms with E-state index in [1.165, 1.54) is 11.1 Å². The third-order valence-electron chi connectivity index (χ3n) is 2.73. The van der Waals surface area contributed by atoms with E-state index in [4.69, 9.17) is 5.73 Å². The second-order valence-electron chi connectivity index (χ2n) is 3.83. The molecule has 84 valence electrons. The fraction of sp³-hybridized carbons (Fsp3) is 0.308. The molecule has 16 heavy (non-hydrogen) atoms. The Labute approximate surface area is 95.9 Å². The summed E-state index contributed by atoms with van der Waals surface area (Å²) in [6, 6.07) is 8.37. The average Bonchev–Trinajstić information content (AvgIpc) is 2.76. The van der Waals surface area contributed by atoms with Gasteiger partial charge < -0.3 is 10.3 Å². The van der Waals surface area contributed by atoms with Crippen molar-refractivity contribution in [2.45, 2.75) is 26.4 Å². The lowest BCUT2D eigenvalue weighted by atomic mass is 10.1. The number of nitrogens with zero attached hydrogens (tertiary/aromatic N) is 2. The van der Waals surface area contributed by atoms with Crippen molar-refractivity contribution in [1.29, 1.82) is 0 Å². The van der Waals surface area contributed by atoms with Gasteiger partial charge >= 0.3 is 0 Å². The lowest BCUT2D eigenvalue weighted by Gasteiger charge is -2.06. The van der Waals surface area contributed by atoms with Gasteiger partial charge in [0.2, 0.25) is 0 Å². The van der Waals surface area contributed by atoms with E-state index in [1.54, 1.807) is 0 Å². The maximum absolute atomic E-state index is 5.63. The first-order valence-electron chi connectivity index (χ1n) is 5.61. The van der Waals surface area contributed by atoms with Gasteiger partial charge in [0.1, 0.15) is 5.82 Å².